The fourth-order valence-electron chi connectivity index (χ4n) is 2.34. The Morgan fingerprint density at radius 1 is 1.35 bits per heavy atom. The van der Waals surface area contributed by atoms with Gasteiger partial charge in [-0.2, -0.15) is 0 Å². The third-order valence-electron chi connectivity index (χ3n) is 3.59. The van der Waals surface area contributed by atoms with Crippen LogP contribution in [0.5, 0.6) is 0 Å². The Morgan fingerprint density at radius 2 is 2.18 bits per heavy atom. The van der Waals surface area contributed by atoms with Crippen LogP contribution in [-0.2, 0) is 5.54 Å². The number of imidazole rings is 1. The van der Waals surface area contributed by atoms with Gasteiger partial charge in [-0.15, -0.1) is 0 Å². The Hall–Kier alpha value is -1.81. The summed E-state index contributed by atoms with van der Waals surface area (Å²) in [7, 11) is 0. The van der Waals surface area contributed by atoms with Crippen molar-refractivity contribution in [2.75, 3.05) is 0 Å². The van der Waals surface area contributed by atoms with Gasteiger partial charge in [0.25, 0.3) is 0 Å². The van der Waals surface area contributed by atoms with E-state index in [0.717, 1.165) is 24.1 Å². The number of nitrogens with two attached hydrogens (primary N) is 1. The van der Waals surface area contributed by atoms with Crippen LogP contribution >= 0.6 is 0 Å². The number of benzene rings is 1. The fraction of sp³-hybridized carbons (Fsp3) is 0.308. The van der Waals surface area contributed by atoms with Gasteiger partial charge in [0, 0.05) is 17.9 Å². The molecular formula is C13H15N3O. The van der Waals surface area contributed by atoms with Crippen molar-refractivity contribution in [2.45, 2.75) is 24.8 Å². The summed E-state index contributed by atoms with van der Waals surface area (Å²) in [6, 6.07) is 7.92. The molecule has 0 bridgehead atoms. The highest BCUT2D eigenvalue weighted by Gasteiger charge is 2.34. The number of nitrogens with one attached hydrogen (secondary N) is 1. The molecule has 88 valence electrons. The summed E-state index contributed by atoms with van der Waals surface area (Å²) in [5.41, 5.74) is 7.97. The third kappa shape index (κ3) is 1.61. The molecule has 0 unspecified atom stereocenters. The van der Waals surface area contributed by atoms with Crippen LogP contribution in [0.4, 0.5) is 0 Å². The van der Waals surface area contributed by atoms with Gasteiger partial charge in [0.05, 0.1) is 5.69 Å². The van der Waals surface area contributed by atoms with Crippen LogP contribution in [0.25, 0.3) is 5.69 Å². The van der Waals surface area contributed by atoms with Crippen molar-refractivity contribution >= 4 is 0 Å². The SMILES string of the molecule is NC1(c2cccc(-n3cc[nH]c3=O)c2)CCC1. The lowest BCUT2D eigenvalue weighted by Gasteiger charge is -2.38. The number of hydrogen-bond acceptors (Lipinski definition) is 2. The monoisotopic (exact) mass is 229 g/mol. The number of H-pyrrole nitrogens is 1. The minimum Gasteiger partial charge on any atom is -0.321 e. The van der Waals surface area contributed by atoms with Gasteiger partial charge in [-0.25, -0.2) is 4.79 Å². The predicted molar refractivity (Wildman–Crippen MR) is 66.1 cm³/mol. The quantitative estimate of drug-likeness (QED) is 0.819. The van der Waals surface area contributed by atoms with E-state index in [9.17, 15) is 4.79 Å². The molecule has 0 aliphatic heterocycles. The molecule has 0 amide bonds. The average Bonchev–Trinajstić information content (AvgIpc) is 2.72. The molecule has 0 radical (unpaired) electrons. The van der Waals surface area contributed by atoms with E-state index in [1.54, 1.807) is 17.0 Å². The molecule has 17 heavy (non-hydrogen) atoms. The molecule has 1 heterocycles. The fourth-order valence-corrected chi connectivity index (χ4v) is 2.34. The summed E-state index contributed by atoms with van der Waals surface area (Å²) in [6.45, 7) is 0. The predicted octanol–water partition coefficient (Wildman–Crippen LogP) is 1.50. The maximum Gasteiger partial charge on any atom is 0.330 e. The summed E-state index contributed by atoms with van der Waals surface area (Å²) >= 11 is 0. The van der Waals surface area contributed by atoms with Crippen LogP contribution in [-0.4, -0.2) is 9.55 Å². The van der Waals surface area contributed by atoms with E-state index in [0.29, 0.717) is 0 Å². The second-order valence-corrected chi connectivity index (χ2v) is 4.70. The highest BCUT2D eigenvalue weighted by atomic mass is 16.1. The molecule has 1 aliphatic carbocycles. The minimum atomic E-state index is -0.185. The van der Waals surface area contributed by atoms with Gasteiger partial charge in [0.1, 0.15) is 0 Å². The maximum absolute atomic E-state index is 11.5. The first-order chi connectivity index (χ1) is 8.19. The van der Waals surface area contributed by atoms with Crippen LogP contribution in [0.15, 0.2) is 41.5 Å². The van der Waals surface area contributed by atoms with E-state index in [1.165, 1.54) is 6.42 Å². The van der Waals surface area contributed by atoms with Crippen molar-refractivity contribution in [3.8, 4) is 5.69 Å². The minimum absolute atomic E-state index is 0.123. The molecule has 1 saturated carbocycles. The van der Waals surface area contributed by atoms with Crippen LogP contribution in [0.3, 0.4) is 0 Å². The van der Waals surface area contributed by atoms with Gasteiger partial charge in [-0.1, -0.05) is 12.1 Å². The van der Waals surface area contributed by atoms with Crippen molar-refractivity contribution in [3.05, 3.63) is 52.7 Å². The molecule has 0 atom stereocenters. The molecule has 1 aromatic carbocycles. The lowest BCUT2D eigenvalue weighted by molar-refractivity contribution is 0.253. The van der Waals surface area contributed by atoms with Gasteiger partial charge in [-0.3, -0.25) is 4.57 Å². The van der Waals surface area contributed by atoms with E-state index in [4.69, 9.17) is 5.73 Å². The second-order valence-electron chi connectivity index (χ2n) is 4.70. The Bertz CT molecular complexity index is 592. The number of rotatable bonds is 2. The summed E-state index contributed by atoms with van der Waals surface area (Å²) in [4.78, 5) is 14.2. The molecule has 0 spiro atoms. The smallest absolute Gasteiger partial charge is 0.321 e. The molecule has 3 N–H and O–H groups in total. The van der Waals surface area contributed by atoms with Gasteiger partial charge in [-0.05, 0) is 37.0 Å². The lowest BCUT2D eigenvalue weighted by atomic mass is 9.73. The van der Waals surface area contributed by atoms with Crippen molar-refractivity contribution in [1.82, 2.24) is 9.55 Å². The Balaban J connectivity index is 2.06. The average molecular weight is 229 g/mol. The zero-order chi connectivity index (χ0) is 11.9. The van der Waals surface area contributed by atoms with E-state index in [2.05, 4.69) is 4.98 Å². The van der Waals surface area contributed by atoms with Gasteiger partial charge in [0.2, 0.25) is 0 Å². The van der Waals surface area contributed by atoms with Gasteiger partial charge < -0.3 is 10.7 Å². The molecule has 2 aromatic rings. The molecule has 4 nitrogen and oxygen atoms in total. The van der Waals surface area contributed by atoms with E-state index >= 15 is 0 Å². The molecule has 3 rings (SSSR count). The zero-order valence-electron chi connectivity index (χ0n) is 9.52. The van der Waals surface area contributed by atoms with Crippen LogP contribution in [0.2, 0.25) is 0 Å². The number of aromatic nitrogens is 2. The molecular weight excluding hydrogens is 214 g/mol. The summed E-state index contributed by atoms with van der Waals surface area (Å²) in [5.74, 6) is 0. The standard InChI is InChI=1S/C13H15N3O/c14-13(5-2-6-13)10-3-1-4-11(9-10)16-8-7-15-12(16)17/h1,3-4,7-9H,2,5-6,14H2,(H,15,17). The summed E-state index contributed by atoms with van der Waals surface area (Å²) < 4.78 is 1.59. The maximum atomic E-state index is 11.5. The summed E-state index contributed by atoms with van der Waals surface area (Å²) in [6.07, 6.45) is 6.60. The topological polar surface area (TPSA) is 63.8 Å². The van der Waals surface area contributed by atoms with E-state index in [-0.39, 0.29) is 11.2 Å². The molecule has 1 fully saturated rings. The highest BCUT2D eigenvalue weighted by Crippen LogP contribution is 2.38. The molecule has 0 saturated heterocycles. The molecule has 4 heteroatoms. The third-order valence-corrected chi connectivity index (χ3v) is 3.59. The zero-order valence-corrected chi connectivity index (χ0v) is 9.52. The normalized spacial score (nSPS) is 17.7. The Kier molecular flexibility index (Phi) is 2.19. The van der Waals surface area contributed by atoms with Crippen LogP contribution in [0, 0.1) is 0 Å². The first kappa shape index (κ1) is 10.4. The highest BCUT2D eigenvalue weighted by molar-refractivity contribution is 5.39. The van der Waals surface area contributed by atoms with Gasteiger partial charge in [0.15, 0.2) is 0 Å². The Morgan fingerprint density at radius 3 is 2.76 bits per heavy atom. The van der Waals surface area contributed by atoms with Crippen LogP contribution in [0.1, 0.15) is 24.8 Å². The van der Waals surface area contributed by atoms with Crippen molar-refractivity contribution in [1.29, 1.82) is 0 Å². The van der Waals surface area contributed by atoms with E-state index < -0.39 is 0 Å². The molecule has 1 aliphatic rings. The lowest BCUT2D eigenvalue weighted by Crippen LogP contribution is -2.43. The van der Waals surface area contributed by atoms with Gasteiger partial charge >= 0.3 is 5.69 Å². The van der Waals surface area contributed by atoms with E-state index in [1.807, 2.05) is 24.3 Å². The van der Waals surface area contributed by atoms with Crippen molar-refractivity contribution < 1.29 is 0 Å². The summed E-state index contributed by atoms with van der Waals surface area (Å²) in [5, 5.41) is 0. The first-order valence-corrected chi connectivity index (χ1v) is 5.85. The number of nitrogens with zero attached hydrogens (tertiary/aromatic N) is 1. The second kappa shape index (κ2) is 3.60. The van der Waals surface area contributed by atoms with Crippen molar-refractivity contribution in [3.63, 3.8) is 0 Å². The Labute approximate surface area is 99.1 Å². The first-order valence-electron chi connectivity index (χ1n) is 5.85. The molecule has 1 aromatic heterocycles. The van der Waals surface area contributed by atoms with Crippen LogP contribution < -0.4 is 11.4 Å². The number of aromatic amines is 1. The largest absolute Gasteiger partial charge is 0.330 e. The number of hydrogen-bond donors (Lipinski definition) is 2. The van der Waals surface area contributed by atoms with Crippen molar-refractivity contribution in [2.24, 2.45) is 5.73 Å².